The molecule has 4 fully saturated rings. The first kappa shape index (κ1) is 13.5. The molecule has 4 rings (SSSR count). The van der Waals surface area contributed by atoms with Gasteiger partial charge in [-0.3, -0.25) is 4.79 Å². The van der Waals surface area contributed by atoms with E-state index in [4.69, 9.17) is 0 Å². The van der Waals surface area contributed by atoms with Crippen molar-refractivity contribution in [3.8, 4) is 0 Å². The van der Waals surface area contributed by atoms with E-state index in [0.717, 1.165) is 5.92 Å². The summed E-state index contributed by atoms with van der Waals surface area (Å²) in [4.78, 5) is 11.4. The molecule has 2 nitrogen and oxygen atoms in total. The summed E-state index contributed by atoms with van der Waals surface area (Å²) < 4.78 is 0. The number of carboxylic acid groups (broad SMARTS) is 1. The first-order valence-electron chi connectivity index (χ1n) is 7.96. The van der Waals surface area contributed by atoms with Crippen LogP contribution in [0.3, 0.4) is 0 Å². The van der Waals surface area contributed by atoms with Gasteiger partial charge in [-0.05, 0) is 66.6 Å². The smallest absolute Gasteiger partial charge is 0.306 e. The Bertz CT molecular complexity index is 377. The Labute approximate surface area is 117 Å². The van der Waals surface area contributed by atoms with E-state index < -0.39 is 5.97 Å². The molecule has 3 atom stereocenters. The molecule has 4 aliphatic rings. The van der Waals surface area contributed by atoms with Gasteiger partial charge in [0.05, 0.1) is 5.92 Å². The van der Waals surface area contributed by atoms with E-state index in [1.165, 1.54) is 32.1 Å². The van der Waals surface area contributed by atoms with Gasteiger partial charge < -0.3 is 5.11 Å². The van der Waals surface area contributed by atoms with Crippen LogP contribution in [0.25, 0.3) is 0 Å². The predicted molar refractivity (Wildman–Crippen MR) is 75.7 cm³/mol. The summed E-state index contributed by atoms with van der Waals surface area (Å²) in [6, 6.07) is 0. The molecule has 4 aliphatic carbocycles. The molecule has 2 heteroatoms. The van der Waals surface area contributed by atoms with Crippen LogP contribution in [0, 0.1) is 40.4 Å². The molecule has 0 aromatic heterocycles. The normalized spacial score (nSPS) is 46.3. The van der Waals surface area contributed by atoms with Gasteiger partial charge in [-0.1, -0.05) is 27.7 Å². The van der Waals surface area contributed by atoms with Crippen LogP contribution in [-0.2, 0) is 4.79 Å². The van der Waals surface area contributed by atoms with E-state index in [9.17, 15) is 9.90 Å². The van der Waals surface area contributed by atoms with Gasteiger partial charge in [0.1, 0.15) is 0 Å². The third kappa shape index (κ3) is 1.86. The maximum Gasteiger partial charge on any atom is 0.306 e. The van der Waals surface area contributed by atoms with Gasteiger partial charge in [-0.2, -0.15) is 0 Å². The van der Waals surface area contributed by atoms with Crippen LogP contribution in [0.2, 0.25) is 0 Å². The zero-order chi connectivity index (χ0) is 14.0. The van der Waals surface area contributed by atoms with Crippen molar-refractivity contribution < 1.29 is 9.90 Å². The second kappa shape index (κ2) is 3.99. The van der Waals surface area contributed by atoms with Crippen molar-refractivity contribution in [2.75, 3.05) is 0 Å². The van der Waals surface area contributed by atoms with Crippen molar-refractivity contribution in [1.82, 2.24) is 0 Å². The largest absolute Gasteiger partial charge is 0.481 e. The minimum Gasteiger partial charge on any atom is -0.481 e. The number of hydrogen-bond acceptors (Lipinski definition) is 1. The molecule has 19 heavy (non-hydrogen) atoms. The maximum absolute atomic E-state index is 11.4. The Balaban J connectivity index is 1.90. The molecule has 0 aliphatic heterocycles. The van der Waals surface area contributed by atoms with Crippen molar-refractivity contribution in [2.45, 2.75) is 59.8 Å². The number of rotatable bonds is 2. The van der Waals surface area contributed by atoms with Crippen molar-refractivity contribution >= 4 is 5.97 Å². The molecule has 0 aromatic rings. The second-order valence-corrected chi connectivity index (χ2v) is 8.70. The molecule has 0 aromatic carbocycles. The maximum atomic E-state index is 11.4. The lowest BCUT2D eigenvalue weighted by molar-refractivity contribution is -0.170. The van der Waals surface area contributed by atoms with E-state index >= 15 is 0 Å². The Morgan fingerprint density at radius 3 is 2.11 bits per heavy atom. The Morgan fingerprint density at radius 2 is 1.68 bits per heavy atom. The van der Waals surface area contributed by atoms with Crippen molar-refractivity contribution in [3.05, 3.63) is 0 Å². The fourth-order valence-electron chi connectivity index (χ4n) is 5.96. The summed E-state index contributed by atoms with van der Waals surface area (Å²) in [6.45, 7) is 9.14. The Kier molecular flexibility index (Phi) is 2.82. The first-order chi connectivity index (χ1) is 8.73. The molecule has 0 amide bonds. The highest BCUT2D eigenvalue weighted by atomic mass is 16.4. The fraction of sp³-hybridized carbons (Fsp3) is 0.941. The summed E-state index contributed by atoms with van der Waals surface area (Å²) in [7, 11) is 0. The van der Waals surface area contributed by atoms with Gasteiger partial charge in [0, 0.05) is 0 Å². The third-order valence-electron chi connectivity index (χ3n) is 6.90. The van der Waals surface area contributed by atoms with E-state index in [1.54, 1.807) is 0 Å². The van der Waals surface area contributed by atoms with Gasteiger partial charge in [-0.25, -0.2) is 0 Å². The number of aliphatic carboxylic acids is 1. The molecule has 1 N–H and O–H groups in total. The average Bonchev–Trinajstić information content (AvgIpc) is 2.25. The predicted octanol–water partition coefficient (Wildman–Crippen LogP) is 4.20. The fourth-order valence-corrected chi connectivity index (χ4v) is 5.96. The molecule has 4 bridgehead atoms. The SMILES string of the molecule is CC(C(=O)O)C1C2CC3CC1CC(C(C)(C)C)(C3)C2. The lowest BCUT2D eigenvalue weighted by atomic mass is 9.40. The zero-order valence-corrected chi connectivity index (χ0v) is 12.8. The monoisotopic (exact) mass is 264 g/mol. The quantitative estimate of drug-likeness (QED) is 0.811. The van der Waals surface area contributed by atoms with E-state index in [1.807, 2.05) is 6.92 Å². The molecule has 0 saturated heterocycles. The number of carbonyl (C=O) groups is 1. The van der Waals surface area contributed by atoms with Gasteiger partial charge >= 0.3 is 5.97 Å². The molecule has 0 radical (unpaired) electrons. The van der Waals surface area contributed by atoms with Crippen LogP contribution in [0.4, 0.5) is 0 Å². The number of hydrogen-bond donors (Lipinski definition) is 1. The average molecular weight is 264 g/mol. The summed E-state index contributed by atoms with van der Waals surface area (Å²) >= 11 is 0. The van der Waals surface area contributed by atoms with Crippen molar-refractivity contribution in [3.63, 3.8) is 0 Å². The minimum absolute atomic E-state index is 0.146. The lowest BCUT2D eigenvalue weighted by Gasteiger charge is -2.65. The Hall–Kier alpha value is -0.530. The van der Waals surface area contributed by atoms with Gasteiger partial charge in [-0.15, -0.1) is 0 Å². The van der Waals surface area contributed by atoms with Crippen LogP contribution >= 0.6 is 0 Å². The minimum atomic E-state index is -0.581. The third-order valence-corrected chi connectivity index (χ3v) is 6.90. The second-order valence-electron chi connectivity index (χ2n) is 8.70. The molecule has 3 unspecified atom stereocenters. The molecule has 108 valence electrons. The lowest BCUT2D eigenvalue weighted by Crippen LogP contribution is -2.57. The molecule has 4 saturated carbocycles. The van der Waals surface area contributed by atoms with Crippen LogP contribution < -0.4 is 0 Å². The summed E-state index contributed by atoms with van der Waals surface area (Å²) in [5.41, 5.74) is 0.873. The highest BCUT2D eigenvalue weighted by molar-refractivity contribution is 5.70. The van der Waals surface area contributed by atoms with Crippen LogP contribution in [0.5, 0.6) is 0 Å². The highest BCUT2D eigenvalue weighted by Gasteiger charge is 2.60. The van der Waals surface area contributed by atoms with Crippen LogP contribution in [-0.4, -0.2) is 11.1 Å². The van der Waals surface area contributed by atoms with Crippen molar-refractivity contribution in [1.29, 1.82) is 0 Å². The molecular weight excluding hydrogens is 236 g/mol. The summed E-state index contributed by atoms with van der Waals surface area (Å²) in [5, 5.41) is 9.39. The highest BCUT2D eigenvalue weighted by Crippen LogP contribution is 2.68. The van der Waals surface area contributed by atoms with Crippen LogP contribution in [0.1, 0.15) is 59.8 Å². The van der Waals surface area contributed by atoms with E-state index in [-0.39, 0.29) is 5.92 Å². The summed E-state index contributed by atoms with van der Waals surface area (Å²) in [6.07, 6.45) is 6.57. The van der Waals surface area contributed by atoms with Crippen LogP contribution in [0.15, 0.2) is 0 Å². The standard InChI is InChI=1S/C17H28O2/c1-10(15(18)19)14-12-5-11-6-13(14)9-17(7-11,8-12)16(2,3)4/h10-14H,5-9H2,1-4H3,(H,18,19). The number of carboxylic acids is 1. The Morgan fingerprint density at radius 1 is 1.16 bits per heavy atom. The van der Waals surface area contributed by atoms with E-state index in [0.29, 0.717) is 28.6 Å². The van der Waals surface area contributed by atoms with Crippen molar-refractivity contribution in [2.24, 2.45) is 40.4 Å². The topological polar surface area (TPSA) is 37.3 Å². The first-order valence-corrected chi connectivity index (χ1v) is 7.96. The summed E-state index contributed by atoms with van der Waals surface area (Å²) in [5.74, 6) is 1.96. The van der Waals surface area contributed by atoms with Gasteiger partial charge in [0.2, 0.25) is 0 Å². The van der Waals surface area contributed by atoms with E-state index in [2.05, 4.69) is 20.8 Å². The molecular formula is C17H28O2. The van der Waals surface area contributed by atoms with Gasteiger partial charge in [0.15, 0.2) is 0 Å². The van der Waals surface area contributed by atoms with Gasteiger partial charge in [0.25, 0.3) is 0 Å². The molecule has 0 heterocycles. The molecule has 0 spiro atoms. The zero-order valence-electron chi connectivity index (χ0n) is 12.8.